The number of hydrogen-bond acceptors (Lipinski definition) is 4. The van der Waals surface area contributed by atoms with Crippen LogP contribution in [0.4, 0.5) is 13.9 Å². The van der Waals surface area contributed by atoms with Crippen molar-refractivity contribution in [3.8, 4) is 11.3 Å². The van der Waals surface area contributed by atoms with E-state index < -0.39 is 11.6 Å². The molecule has 0 atom stereocenters. The van der Waals surface area contributed by atoms with E-state index in [1.54, 1.807) is 5.38 Å². The van der Waals surface area contributed by atoms with E-state index in [2.05, 4.69) is 20.2 Å². The lowest BCUT2D eigenvalue weighted by atomic mass is 10.1. The van der Waals surface area contributed by atoms with Crippen LogP contribution >= 0.6 is 11.3 Å². The average molecular weight is 354 g/mol. The molecule has 4 nitrogen and oxygen atoms in total. The van der Waals surface area contributed by atoms with Gasteiger partial charge in [-0.2, -0.15) is 5.11 Å². The van der Waals surface area contributed by atoms with Gasteiger partial charge in [-0.1, -0.05) is 18.2 Å². The number of fused-ring (bicyclic) bond motifs is 1. The molecule has 4 rings (SSSR count). The van der Waals surface area contributed by atoms with Crippen LogP contribution in [0.3, 0.4) is 0 Å². The van der Waals surface area contributed by atoms with Crippen LogP contribution in [0.2, 0.25) is 0 Å². The average Bonchev–Trinajstić information content (AvgIpc) is 3.23. The van der Waals surface area contributed by atoms with Gasteiger partial charge in [-0.15, -0.1) is 16.5 Å². The van der Waals surface area contributed by atoms with Gasteiger partial charge in [-0.3, -0.25) is 0 Å². The van der Waals surface area contributed by atoms with Crippen molar-refractivity contribution in [1.29, 1.82) is 0 Å². The number of rotatable bonds is 4. The Bertz CT molecular complexity index is 1070. The Balaban J connectivity index is 1.52. The maximum absolute atomic E-state index is 13.8. The van der Waals surface area contributed by atoms with Gasteiger partial charge in [0, 0.05) is 39.7 Å². The molecular formula is C18H12F2N4S. The highest BCUT2D eigenvalue weighted by molar-refractivity contribution is 7.13. The molecule has 0 aliphatic carbocycles. The summed E-state index contributed by atoms with van der Waals surface area (Å²) in [4.78, 5) is 7.43. The summed E-state index contributed by atoms with van der Waals surface area (Å²) < 4.78 is 26.8. The number of nitrogens with one attached hydrogen (secondary N) is 1. The predicted octanol–water partition coefficient (Wildman–Crippen LogP) is 5.85. The SMILES string of the molecule is Fc1ccc(-c2csc(N=NCc3c[nH]c4ccccc34)n2)c(F)c1. The highest BCUT2D eigenvalue weighted by Gasteiger charge is 2.10. The van der Waals surface area contributed by atoms with E-state index >= 15 is 0 Å². The largest absolute Gasteiger partial charge is 0.361 e. The summed E-state index contributed by atoms with van der Waals surface area (Å²) in [6, 6.07) is 11.4. The first-order chi connectivity index (χ1) is 12.2. The maximum Gasteiger partial charge on any atom is 0.230 e. The van der Waals surface area contributed by atoms with E-state index in [9.17, 15) is 8.78 Å². The van der Waals surface area contributed by atoms with Crippen molar-refractivity contribution in [1.82, 2.24) is 9.97 Å². The van der Waals surface area contributed by atoms with Crippen molar-refractivity contribution in [3.05, 3.63) is 71.2 Å². The number of benzene rings is 2. The number of H-pyrrole nitrogens is 1. The first-order valence-corrected chi connectivity index (χ1v) is 8.42. The third-order valence-corrected chi connectivity index (χ3v) is 4.50. The van der Waals surface area contributed by atoms with Gasteiger partial charge >= 0.3 is 0 Å². The van der Waals surface area contributed by atoms with Crippen LogP contribution in [0.25, 0.3) is 22.2 Å². The van der Waals surface area contributed by atoms with E-state index in [0.717, 1.165) is 22.5 Å². The summed E-state index contributed by atoms with van der Waals surface area (Å²) in [6.45, 7) is 0.420. The second kappa shape index (κ2) is 6.52. The molecule has 0 unspecified atom stereocenters. The molecule has 0 radical (unpaired) electrons. The van der Waals surface area contributed by atoms with Crippen molar-refractivity contribution in [2.24, 2.45) is 10.2 Å². The Hall–Kier alpha value is -2.93. The molecule has 124 valence electrons. The second-order valence-corrected chi connectivity index (χ2v) is 6.24. The zero-order valence-corrected chi connectivity index (χ0v) is 13.7. The third-order valence-electron chi connectivity index (χ3n) is 3.77. The van der Waals surface area contributed by atoms with Gasteiger partial charge in [0.15, 0.2) is 0 Å². The molecule has 0 fully saturated rings. The molecule has 0 aliphatic heterocycles. The molecule has 0 saturated carbocycles. The minimum atomic E-state index is -0.646. The highest BCUT2D eigenvalue weighted by atomic mass is 32.1. The zero-order chi connectivity index (χ0) is 17.2. The lowest BCUT2D eigenvalue weighted by Crippen LogP contribution is -1.85. The van der Waals surface area contributed by atoms with Gasteiger partial charge in [0.2, 0.25) is 5.13 Å². The normalized spacial score (nSPS) is 11.6. The topological polar surface area (TPSA) is 53.4 Å². The Morgan fingerprint density at radius 2 is 2.00 bits per heavy atom. The summed E-state index contributed by atoms with van der Waals surface area (Å²) in [5.41, 5.74) is 2.76. The molecule has 0 aliphatic rings. The van der Waals surface area contributed by atoms with Gasteiger partial charge in [0.05, 0.1) is 12.2 Å². The third kappa shape index (κ3) is 3.18. The van der Waals surface area contributed by atoms with Crippen molar-refractivity contribution >= 4 is 27.4 Å². The molecule has 0 bridgehead atoms. The summed E-state index contributed by atoms with van der Waals surface area (Å²) in [6.07, 6.45) is 1.91. The van der Waals surface area contributed by atoms with Crippen molar-refractivity contribution in [3.63, 3.8) is 0 Å². The number of nitrogens with zero attached hydrogens (tertiary/aromatic N) is 3. The fourth-order valence-electron chi connectivity index (χ4n) is 2.57. The lowest BCUT2D eigenvalue weighted by Gasteiger charge is -1.98. The number of hydrogen-bond donors (Lipinski definition) is 1. The molecular weight excluding hydrogens is 342 g/mol. The van der Waals surface area contributed by atoms with E-state index in [4.69, 9.17) is 0 Å². The number of thiazole rings is 1. The maximum atomic E-state index is 13.8. The van der Waals surface area contributed by atoms with Crippen molar-refractivity contribution < 1.29 is 8.78 Å². The van der Waals surface area contributed by atoms with E-state index in [-0.39, 0.29) is 5.56 Å². The van der Waals surface area contributed by atoms with Crippen LogP contribution in [0.15, 0.2) is 64.3 Å². The van der Waals surface area contributed by atoms with Crippen LogP contribution in [0.1, 0.15) is 5.56 Å². The van der Waals surface area contributed by atoms with Crippen molar-refractivity contribution in [2.75, 3.05) is 0 Å². The number of azo groups is 1. The monoisotopic (exact) mass is 354 g/mol. The molecule has 4 aromatic rings. The van der Waals surface area contributed by atoms with Crippen LogP contribution < -0.4 is 0 Å². The van der Waals surface area contributed by atoms with Gasteiger partial charge in [-0.25, -0.2) is 13.8 Å². The van der Waals surface area contributed by atoms with E-state index in [0.29, 0.717) is 17.4 Å². The smallest absolute Gasteiger partial charge is 0.230 e. The summed E-state index contributed by atoms with van der Waals surface area (Å²) in [5, 5.41) is 11.5. The lowest BCUT2D eigenvalue weighted by molar-refractivity contribution is 0.585. The van der Waals surface area contributed by atoms with Crippen LogP contribution in [0, 0.1) is 11.6 Å². The number of para-hydroxylation sites is 1. The van der Waals surface area contributed by atoms with Gasteiger partial charge in [0.25, 0.3) is 0 Å². The van der Waals surface area contributed by atoms with Gasteiger partial charge in [0.1, 0.15) is 11.6 Å². The number of aromatic amines is 1. The van der Waals surface area contributed by atoms with Crippen molar-refractivity contribution in [2.45, 2.75) is 6.54 Å². The van der Waals surface area contributed by atoms with Crippen LogP contribution in [0.5, 0.6) is 0 Å². The summed E-state index contributed by atoms with van der Waals surface area (Å²) >= 11 is 1.26. The quantitative estimate of drug-likeness (QED) is 0.459. The minimum absolute atomic E-state index is 0.246. The van der Waals surface area contributed by atoms with Crippen LogP contribution in [-0.2, 0) is 6.54 Å². The van der Waals surface area contributed by atoms with E-state index in [1.165, 1.54) is 23.5 Å². The molecule has 0 saturated heterocycles. The first-order valence-electron chi connectivity index (χ1n) is 7.54. The minimum Gasteiger partial charge on any atom is -0.361 e. The summed E-state index contributed by atoms with van der Waals surface area (Å²) in [7, 11) is 0. The molecule has 2 heterocycles. The van der Waals surface area contributed by atoms with E-state index in [1.807, 2.05) is 30.5 Å². The Morgan fingerprint density at radius 3 is 2.88 bits per heavy atom. The molecule has 2 aromatic heterocycles. The Labute approximate surface area is 145 Å². The fraction of sp³-hybridized carbons (Fsp3) is 0.0556. The predicted molar refractivity (Wildman–Crippen MR) is 94.0 cm³/mol. The first kappa shape index (κ1) is 15.6. The second-order valence-electron chi connectivity index (χ2n) is 5.40. The zero-order valence-electron chi connectivity index (χ0n) is 12.9. The molecule has 1 N–H and O–H groups in total. The summed E-state index contributed by atoms with van der Waals surface area (Å²) in [5.74, 6) is -1.26. The van der Waals surface area contributed by atoms with Crippen LogP contribution in [-0.4, -0.2) is 9.97 Å². The number of halogens is 2. The Kier molecular flexibility index (Phi) is 4.07. The molecule has 2 aromatic carbocycles. The molecule has 0 amide bonds. The molecule has 7 heteroatoms. The Morgan fingerprint density at radius 1 is 1.12 bits per heavy atom. The molecule has 0 spiro atoms. The van der Waals surface area contributed by atoms with Gasteiger partial charge in [-0.05, 0) is 18.2 Å². The molecule has 25 heavy (non-hydrogen) atoms. The van der Waals surface area contributed by atoms with Gasteiger partial charge < -0.3 is 4.98 Å². The highest BCUT2D eigenvalue weighted by Crippen LogP contribution is 2.29. The fourth-order valence-corrected chi connectivity index (χ4v) is 3.22. The number of aromatic nitrogens is 2. The standard InChI is InChI=1S/C18H12F2N4S/c19-12-5-6-14(15(20)7-12)17-10-25-18(23-17)24-22-9-11-8-21-16-4-2-1-3-13(11)16/h1-8,10,21H,9H2.